The van der Waals surface area contributed by atoms with Crippen molar-refractivity contribution >= 4 is 41.0 Å². The fourth-order valence-electron chi connectivity index (χ4n) is 3.05. The Labute approximate surface area is 133 Å². The van der Waals surface area contributed by atoms with Gasteiger partial charge in [-0.1, -0.05) is 0 Å². The van der Waals surface area contributed by atoms with Crippen LogP contribution in [0.3, 0.4) is 0 Å². The Bertz CT molecular complexity index is 1010. The number of anilines is 1. The van der Waals surface area contributed by atoms with Crippen LogP contribution in [0.15, 0.2) is 40.4 Å². The lowest BCUT2D eigenvalue weighted by Crippen LogP contribution is -2.32. The van der Waals surface area contributed by atoms with Crippen molar-refractivity contribution in [2.24, 2.45) is 4.99 Å². The maximum atomic E-state index is 11.7. The minimum Gasteiger partial charge on any atom is -0.386 e. The minimum absolute atomic E-state index is 0.151. The molecule has 24 heavy (non-hydrogen) atoms. The first-order valence-electron chi connectivity index (χ1n) is 7.01. The lowest BCUT2D eigenvalue weighted by molar-refractivity contribution is -0.149. The SMILES string of the molecule is O=C1OC(=O)C2=CC3Nc4cc5c(cc4N=C3C=C12)C(=O)OC5=O. The lowest BCUT2D eigenvalue weighted by Gasteiger charge is -2.26. The second-order valence-corrected chi connectivity index (χ2v) is 5.57. The van der Waals surface area contributed by atoms with E-state index in [1.54, 1.807) is 6.08 Å². The number of hydrogen-bond acceptors (Lipinski definition) is 8. The summed E-state index contributed by atoms with van der Waals surface area (Å²) in [5.74, 6) is -2.82. The minimum atomic E-state index is -0.714. The molecule has 8 nitrogen and oxygen atoms in total. The van der Waals surface area contributed by atoms with E-state index in [0.29, 0.717) is 17.1 Å². The van der Waals surface area contributed by atoms with Crippen molar-refractivity contribution in [3.05, 3.63) is 46.6 Å². The molecule has 0 spiro atoms. The maximum absolute atomic E-state index is 11.7. The summed E-state index contributed by atoms with van der Waals surface area (Å²) >= 11 is 0. The van der Waals surface area contributed by atoms with Crippen molar-refractivity contribution < 1.29 is 28.7 Å². The Hall–Kier alpha value is -3.55. The Balaban J connectivity index is 1.66. The molecule has 1 unspecified atom stereocenters. The summed E-state index contributed by atoms with van der Waals surface area (Å²) in [5.41, 5.74) is 2.15. The zero-order valence-electron chi connectivity index (χ0n) is 11.8. The van der Waals surface area contributed by atoms with Gasteiger partial charge in [0.25, 0.3) is 0 Å². The van der Waals surface area contributed by atoms with E-state index in [4.69, 9.17) is 0 Å². The van der Waals surface area contributed by atoms with E-state index in [9.17, 15) is 19.2 Å². The van der Waals surface area contributed by atoms with Gasteiger partial charge in [-0.3, -0.25) is 0 Å². The van der Waals surface area contributed by atoms with Crippen molar-refractivity contribution in [3.63, 3.8) is 0 Å². The summed E-state index contributed by atoms with van der Waals surface area (Å²) in [6.45, 7) is 0. The largest absolute Gasteiger partial charge is 0.386 e. The van der Waals surface area contributed by atoms with Crippen LogP contribution in [0.2, 0.25) is 0 Å². The topological polar surface area (TPSA) is 111 Å². The number of benzene rings is 1. The number of carbonyl (C=O) groups excluding carboxylic acids is 4. The van der Waals surface area contributed by atoms with Crippen molar-refractivity contribution in [2.45, 2.75) is 6.04 Å². The molecular formula is C16H6N2O6. The van der Waals surface area contributed by atoms with Crippen LogP contribution in [-0.4, -0.2) is 35.6 Å². The number of nitrogens with one attached hydrogen (secondary N) is 1. The number of rotatable bonds is 0. The maximum Gasteiger partial charge on any atom is 0.346 e. The second-order valence-electron chi connectivity index (χ2n) is 5.57. The molecule has 0 saturated carbocycles. The first-order chi connectivity index (χ1) is 11.5. The highest BCUT2D eigenvalue weighted by atomic mass is 16.6. The van der Waals surface area contributed by atoms with Crippen LogP contribution < -0.4 is 5.32 Å². The van der Waals surface area contributed by atoms with Gasteiger partial charge in [0, 0.05) is 0 Å². The third-order valence-corrected chi connectivity index (χ3v) is 4.18. The van der Waals surface area contributed by atoms with E-state index in [1.165, 1.54) is 18.2 Å². The number of cyclic esters (lactones) is 4. The highest BCUT2D eigenvalue weighted by Crippen LogP contribution is 2.38. The van der Waals surface area contributed by atoms with Crippen molar-refractivity contribution in [3.8, 4) is 0 Å². The summed E-state index contributed by atoms with van der Waals surface area (Å²) in [5, 5.41) is 3.12. The van der Waals surface area contributed by atoms with E-state index in [2.05, 4.69) is 19.8 Å². The first-order valence-corrected chi connectivity index (χ1v) is 7.01. The van der Waals surface area contributed by atoms with Gasteiger partial charge >= 0.3 is 23.9 Å². The molecule has 3 aliphatic heterocycles. The van der Waals surface area contributed by atoms with E-state index in [0.717, 1.165) is 0 Å². The molecule has 0 amide bonds. The van der Waals surface area contributed by atoms with Crippen LogP contribution in [0.5, 0.6) is 0 Å². The van der Waals surface area contributed by atoms with Gasteiger partial charge in [-0.25, -0.2) is 24.2 Å². The van der Waals surface area contributed by atoms with Gasteiger partial charge in [0.15, 0.2) is 0 Å². The summed E-state index contributed by atoms with van der Waals surface area (Å²) in [6, 6.07) is 2.51. The molecule has 116 valence electrons. The molecule has 0 aromatic heterocycles. The van der Waals surface area contributed by atoms with Crippen molar-refractivity contribution in [2.75, 3.05) is 5.32 Å². The van der Waals surface area contributed by atoms with Crippen LogP contribution in [-0.2, 0) is 19.1 Å². The van der Waals surface area contributed by atoms with Gasteiger partial charge in [-0.2, -0.15) is 0 Å². The van der Waals surface area contributed by atoms with Crippen LogP contribution in [0, 0.1) is 0 Å². The van der Waals surface area contributed by atoms with Crippen LogP contribution in [0.4, 0.5) is 11.4 Å². The van der Waals surface area contributed by atoms with E-state index < -0.39 is 29.9 Å². The average Bonchev–Trinajstić information content (AvgIpc) is 2.98. The molecule has 1 aromatic carbocycles. The summed E-state index contributed by atoms with van der Waals surface area (Å²) in [4.78, 5) is 51.0. The fraction of sp³-hybridized carbons (Fsp3) is 0.0625. The number of hydrogen-bond donors (Lipinski definition) is 1. The van der Waals surface area contributed by atoms with Gasteiger partial charge in [-0.15, -0.1) is 0 Å². The van der Waals surface area contributed by atoms with E-state index >= 15 is 0 Å². The van der Waals surface area contributed by atoms with Crippen molar-refractivity contribution in [1.29, 1.82) is 0 Å². The monoisotopic (exact) mass is 322 g/mol. The third kappa shape index (κ3) is 1.54. The number of carbonyl (C=O) groups is 4. The second kappa shape index (κ2) is 4.05. The number of aliphatic imine (C=N–C) groups is 1. The predicted octanol–water partition coefficient (Wildman–Crippen LogP) is 0.814. The smallest absolute Gasteiger partial charge is 0.346 e. The van der Waals surface area contributed by atoms with Crippen LogP contribution >= 0.6 is 0 Å². The van der Waals surface area contributed by atoms with Gasteiger partial charge in [-0.05, 0) is 24.3 Å². The molecule has 0 bridgehead atoms. The van der Waals surface area contributed by atoms with Gasteiger partial charge in [0.1, 0.15) is 0 Å². The Morgan fingerprint density at radius 3 is 2.33 bits per heavy atom. The van der Waals surface area contributed by atoms with Gasteiger partial charge < -0.3 is 14.8 Å². The molecule has 1 aromatic rings. The molecule has 1 fully saturated rings. The molecule has 1 saturated heterocycles. The molecular weight excluding hydrogens is 316 g/mol. The number of ether oxygens (including phenoxy) is 2. The fourth-order valence-corrected chi connectivity index (χ4v) is 3.05. The third-order valence-electron chi connectivity index (χ3n) is 4.18. The van der Waals surface area contributed by atoms with Crippen molar-refractivity contribution in [1.82, 2.24) is 0 Å². The molecule has 0 radical (unpaired) electrons. The predicted molar refractivity (Wildman–Crippen MR) is 78.0 cm³/mol. The summed E-state index contributed by atoms with van der Waals surface area (Å²) < 4.78 is 9.16. The molecule has 5 rings (SSSR count). The molecule has 4 aliphatic rings. The molecule has 8 heteroatoms. The van der Waals surface area contributed by atoms with Gasteiger partial charge in [0.05, 0.1) is 45.4 Å². The highest BCUT2D eigenvalue weighted by Gasteiger charge is 2.39. The molecule has 1 N–H and O–H groups in total. The van der Waals surface area contributed by atoms with E-state index in [1.807, 2.05) is 0 Å². The quantitative estimate of drug-likeness (QED) is 0.556. The molecule has 1 atom stereocenters. The van der Waals surface area contributed by atoms with Crippen LogP contribution in [0.25, 0.3) is 0 Å². The molecule has 1 aliphatic carbocycles. The zero-order chi connectivity index (χ0) is 16.6. The summed E-state index contributed by atoms with van der Waals surface area (Å²) in [6.07, 6.45) is 3.04. The Morgan fingerprint density at radius 1 is 0.875 bits per heavy atom. The number of esters is 4. The summed E-state index contributed by atoms with van der Waals surface area (Å²) in [7, 11) is 0. The Morgan fingerprint density at radius 2 is 1.54 bits per heavy atom. The lowest BCUT2D eigenvalue weighted by atomic mass is 9.93. The highest BCUT2D eigenvalue weighted by molar-refractivity contribution is 6.25. The first kappa shape index (κ1) is 12.9. The average molecular weight is 322 g/mol. The number of fused-ring (bicyclic) bond motifs is 4. The van der Waals surface area contributed by atoms with E-state index in [-0.39, 0.29) is 22.3 Å². The van der Waals surface area contributed by atoms with Gasteiger partial charge in [0.2, 0.25) is 0 Å². The normalized spacial score (nSPS) is 23.0. The standard InChI is InChI=1S/C16H6N2O6/c19-13-5-1-9-10(2-6(5)14(20)23-13)18-12-4-8-7(3-11(12)17-9)15(21)24-16(8)22/h1-4,9,17H. The molecule has 3 heterocycles. The zero-order valence-corrected chi connectivity index (χ0v) is 11.8. The Kier molecular flexibility index (Phi) is 2.18. The number of nitrogens with zero attached hydrogens (tertiary/aromatic N) is 1. The van der Waals surface area contributed by atoms with Crippen LogP contribution in [0.1, 0.15) is 20.7 Å².